The summed E-state index contributed by atoms with van der Waals surface area (Å²) in [7, 11) is 1.33. The van der Waals surface area contributed by atoms with Crippen LogP contribution in [0.2, 0.25) is 0 Å². The Morgan fingerprint density at radius 3 is 2.55 bits per heavy atom. The van der Waals surface area contributed by atoms with Crippen molar-refractivity contribution in [1.82, 2.24) is 24.7 Å². The second-order valence-electron chi connectivity index (χ2n) is 8.34. The number of phenolic OH excluding ortho intramolecular Hbond substituents is 1. The number of hydrogen-bond acceptors (Lipinski definition) is 12. The molecule has 15 heteroatoms. The van der Waals surface area contributed by atoms with Crippen LogP contribution in [0.5, 0.6) is 17.4 Å². The molecule has 1 aliphatic heterocycles. The fraction of sp³-hybridized carbons (Fsp3) is 0.320. The molecule has 0 saturated heterocycles. The van der Waals surface area contributed by atoms with E-state index in [9.17, 15) is 13.5 Å². The topological polar surface area (TPSA) is 172 Å². The van der Waals surface area contributed by atoms with Crippen LogP contribution in [-0.2, 0) is 19.5 Å². The summed E-state index contributed by atoms with van der Waals surface area (Å²) < 4.78 is 52.6. The largest absolute Gasteiger partial charge is 0.506 e. The number of benzene rings is 1. The maximum absolute atomic E-state index is 13.7. The smallest absolute Gasteiger partial charge is 0.243 e. The molecule has 2 N–H and O–H groups in total. The van der Waals surface area contributed by atoms with E-state index in [1.165, 1.54) is 58.3 Å². The minimum atomic E-state index is -4.26. The van der Waals surface area contributed by atoms with Gasteiger partial charge in [-0.1, -0.05) is 11.8 Å². The number of aromatic nitrogens is 5. The molecule has 4 rings (SSSR count). The second kappa shape index (κ2) is 11.6. The molecule has 0 radical (unpaired) electrons. The molecule has 0 amide bonds. The van der Waals surface area contributed by atoms with Crippen molar-refractivity contribution in [3.05, 3.63) is 59.1 Å². The number of nitrogens with one attached hydrogen (secondary N) is 1. The molecule has 0 saturated carbocycles. The Morgan fingerprint density at radius 1 is 1.10 bits per heavy atom. The summed E-state index contributed by atoms with van der Waals surface area (Å²) in [4.78, 5) is 12.9. The summed E-state index contributed by atoms with van der Waals surface area (Å²) in [6.07, 6.45) is 1.88. The Hall–Kier alpha value is -4.68. The quantitative estimate of drug-likeness (QED) is 0.343. The molecule has 1 aromatic carbocycles. The van der Waals surface area contributed by atoms with Crippen molar-refractivity contribution in [1.29, 1.82) is 0 Å². The van der Waals surface area contributed by atoms with Crippen molar-refractivity contribution in [3.63, 3.8) is 0 Å². The van der Waals surface area contributed by atoms with Crippen molar-refractivity contribution in [2.45, 2.75) is 25.2 Å². The molecule has 0 aliphatic carbocycles. The third-order valence-electron chi connectivity index (χ3n) is 5.87. The fourth-order valence-electron chi connectivity index (χ4n) is 3.88. The molecule has 2 atom stereocenters. The summed E-state index contributed by atoms with van der Waals surface area (Å²) in [5, 5.41) is 17.8. The van der Waals surface area contributed by atoms with Crippen LogP contribution in [0.3, 0.4) is 0 Å². The van der Waals surface area contributed by atoms with Crippen LogP contribution < -0.4 is 14.2 Å². The van der Waals surface area contributed by atoms with E-state index in [1.54, 1.807) is 19.1 Å². The summed E-state index contributed by atoms with van der Waals surface area (Å²) in [6, 6.07) is 4.55. The first-order chi connectivity index (χ1) is 19.1. The van der Waals surface area contributed by atoms with Gasteiger partial charge in [0.25, 0.3) is 0 Å². The molecule has 3 heterocycles. The number of aryl methyl sites for hydroxylation is 1. The number of methoxy groups -OCH3 is 4. The zero-order valence-corrected chi connectivity index (χ0v) is 23.3. The standard InChI is InChI=1S/C25H27N7O7S/c1-14-13-26-20(24(27-14)39-6)22(38-5)15(2)40(34,35)31-25-30-29-23(16-9-7-12-19(28-16)37-4)32(25)21-17(33)10-8-11-18(21)36-3/h8,10-13,15,22,33H,1-6H3,(H,30,31)/t15-,22+/m1/s1. The molecule has 3 aromatic rings. The van der Waals surface area contributed by atoms with Gasteiger partial charge in [0.1, 0.15) is 34.2 Å². The number of hydrogen-bond donors (Lipinski definition) is 2. The number of para-hydroxylation sites is 1. The minimum Gasteiger partial charge on any atom is -0.506 e. The van der Waals surface area contributed by atoms with Crippen LogP contribution in [0.1, 0.15) is 30.2 Å². The van der Waals surface area contributed by atoms with Gasteiger partial charge in [-0.3, -0.25) is 14.3 Å². The molecule has 0 fully saturated rings. The third kappa shape index (κ3) is 5.40. The Morgan fingerprint density at radius 2 is 1.88 bits per heavy atom. The predicted octanol–water partition coefficient (Wildman–Crippen LogP) is 2.32. The summed E-state index contributed by atoms with van der Waals surface area (Å²) in [5.74, 6) is 0.0609. The van der Waals surface area contributed by atoms with E-state index in [1.807, 2.05) is 0 Å². The van der Waals surface area contributed by atoms with Crippen molar-refractivity contribution in [3.8, 4) is 23.1 Å². The van der Waals surface area contributed by atoms with Gasteiger partial charge in [-0.05, 0) is 31.7 Å². The first-order valence-corrected chi connectivity index (χ1v) is 13.3. The molecular formula is C25H27N7O7S. The van der Waals surface area contributed by atoms with Crippen LogP contribution in [0.15, 0.2) is 46.9 Å². The number of aliphatic imine (C=N–C) groups is 1. The van der Waals surface area contributed by atoms with Gasteiger partial charge in [-0.25, -0.2) is 18.4 Å². The number of aromatic hydroxyl groups is 1. The lowest BCUT2D eigenvalue weighted by Gasteiger charge is -2.24. The number of anilines is 1. The fourth-order valence-corrected chi connectivity index (χ4v) is 5.02. The molecule has 14 nitrogen and oxygen atoms in total. The van der Waals surface area contributed by atoms with Crippen LogP contribution in [-0.4, -0.2) is 77.8 Å². The van der Waals surface area contributed by atoms with Gasteiger partial charge in [0, 0.05) is 13.3 Å². The Kier molecular flexibility index (Phi) is 8.21. The summed E-state index contributed by atoms with van der Waals surface area (Å²) >= 11 is 0. The van der Waals surface area contributed by atoms with Gasteiger partial charge in [-0.15, -0.1) is 10.2 Å². The summed E-state index contributed by atoms with van der Waals surface area (Å²) in [5.41, 5.74) is 6.52. The van der Waals surface area contributed by atoms with Gasteiger partial charge in [0.2, 0.25) is 27.7 Å². The molecule has 2 aromatic heterocycles. The Balaban J connectivity index is 1.84. The van der Waals surface area contributed by atoms with E-state index < -0.39 is 21.4 Å². The molecule has 0 spiro atoms. The lowest BCUT2D eigenvalue weighted by atomic mass is 10.2. The highest BCUT2D eigenvalue weighted by Gasteiger charge is 2.36. The van der Waals surface area contributed by atoms with Crippen LogP contribution in [0.4, 0.5) is 5.95 Å². The van der Waals surface area contributed by atoms with Crippen LogP contribution in [0.25, 0.3) is 11.4 Å². The molecule has 0 bridgehead atoms. The molecular weight excluding hydrogens is 542 g/mol. The third-order valence-corrected chi connectivity index (χ3v) is 7.56. The van der Waals surface area contributed by atoms with Gasteiger partial charge >= 0.3 is 0 Å². The molecule has 1 aliphatic rings. The molecule has 0 unspecified atom stereocenters. The normalized spacial score (nSPS) is 14.2. The van der Waals surface area contributed by atoms with Crippen molar-refractivity contribution in [2.24, 2.45) is 4.99 Å². The van der Waals surface area contributed by atoms with Gasteiger partial charge in [0.05, 0.1) is 33.1 Å². The maximum atomic E-state index is 13.7. The van der Waals surface area contributed by atoms with E-state index in [4.69, 9.17) is 18.9 Å². The first kappa shape index (κ1) is 28.3. The SMILES string of the molecule is COC1=NC(c2nnc(NS(=O)(=O)[C@H](C)[C@H](OC)c3ncc(C)nc3OC)n2-c2c(O)cccc2OC)=C=C=C1. The highest BCUT2D eigenvalue weighted by atomic mass is 32.2. The van der Waals surface area contributed by atoms with Gasteiger partial charge in [-0.2, -0.15) is 0 Å². The van der Waals surface area contributed by atoms with E-state index in [2.05, 4.69) is 41.3 Å². The number of phenols is 1. The number of sulfonamides is 1. The summed E-state index contributed by atoms with van der Waals surface area (Å²) in [6.45, 7) is 3.17. The van der Waals surface area contributed by atoms with E-state index in [-0.39, 0.29) is 52.1 Å². The van der Waals surface area contributed by atoms with Gasteiger partial charge < -0.3 is 24.1 Å². The minimum absolute atomic E-state index is 0.0228. The average Bonchev–Trinajstić information content (AvgIpc) is 3.35. The zero-order chi connectivity index (χ0) is 29.0. The number of rotatable bonds is 10. The Labute approximate surface area is 230 Å². The zero-order valence-electron chi connectivity index (χ0n) is 22.5. The monoisotopic (exact) mass is 569 g/mol. The average molecular weight is 570 g/mol. The molecule has 40 heavy (non-hydrogen) atoms. The van der Waals surface area contributed by atoms with E-state index in [0.717, 1.165) is 0 Å². The van der Waals surface area contributed by atoms with Crippen molar-refractivity contribution < 1.29 is 32.5 Å². The van der Waals surface area contributed by atoms with Crippen molar-refractivity contribution >= 4 is 27.6 Å². The van der Waals surface area contributed by atoms with Crippen LogP contribution in [0, 0.1) is 6.92 Å². The predicted molar refractivity (Wildman–Crippen MR) is 144 cm³/mol. The first-order valence-electron chi connectivity index (χ1n) is 11.7. The maximum Gasteiger partial charge on any atom is 0.243 e. The van der Waals surface area contributed by atoms with E-state index in [0.29, 0.717) is 5.69 Å². The number of ether oxygens (including phenoxy) is 4. The Bertz CT molecular complexity index is 1670. The van der Waals surface area contributed by atoms with Crippen LogP contribution >= 0.6 is 0 Å². The number of nitrogens with zero attached hydrogens (tertiary/aromatic N) is 6. The highest BCUT2D eigenvalue weighted by molar-refractivity contribution is 7.93. The van der Waals surface area contributed by atoms with Crippen molar-refractivity contribution in [2.75, 3.05) is 33.2 Å². The lowest BCUT2D eigenvalue weighted by Crippen LogP contribution is -2.33. The highest BCUT2D eigenvalue weighted by Crippen LogP contribution is 2.37. The van der Waals surface area contributed by atoms with Gasteiger partial charge in [0.15, 0.2) is 11.5 Å². The molecule has 210 valence electrons. The lowest BCUT2D eigenvalue weighted by molar-refractivity contribution is 0.0955. The van der Waals surface area contributed by atoms with E-state index >= 15 is 0 Å². The second-order valence-corrected chi connectivity index (χ2v) is 10.4.